The molecule has 2 aliphatic heterocycles. The molecule has 2 heterocycles. The maximum atomic E-state index is 13.7. The van der Waals surface area contributed by atoms with Crippen LogP contribution in [0, 0.1) is 10.1 Å². The zero-order valence-electron chi connectivity index (χ0n) is 18.4. The summed E-state index contributed by atoms with van der Waals surface area (Å²) in [5, 5.41) is 19.5. The van der Waals surface area contributed by atoms with E-state index in [4.69, 9.17) is 21.1 Å². The van der Waals surface area contributed by atoms with Crippen molar-refractivity contribution < 1.29 is 19.2 Å². The smallest absolute Gasteiger partial charge is 0.279 e. The molecule has 0 saturated heterocycles. The third-order valence-electron chi connectivity index (χ3n) is 6.68. The molecule has 1 aliphatic carbocycles. The van der Waals surface area contributed by atoms with E-state index in [1.807, 2.05) is 48.5 Å². The van der Waals surface area contributed by atoms with Crippen LogP contribution in [-0.2, 0) is 4.79 Å². The SMILES string of the molecule is O=C1C[C@H](c2ccc(Cl)cc2)CC2=C1[C@@H](c1cc3c(cc1[N+](=O)[O-])OCO3)Nc1ccccc1N2. The fourth-order valence-corrected chi connectivity index (χ4v) is 5.16. The van der Waals surface area contributed by atoms with Crippen molar-refractivity contribution in [3.63, 3.8) is 0 Å². The van der Waals surface area contributed by atoms with Crippen LogP contribution in [0.5, 0.6) is 11.5 Å². The molecule has 0 amide bonds. The monoisotopic (exact) mass is 489 g/mol. The molecule has 3 aliphatic rings. The quantitative estimate of drug-likeness (QED) is 0.346. The van der Waals surface area contributed by atoms with Crippen LogP contribution in [0.2, 0.25) is 5.02 Å². The number of nitrogens with zero attached hydrogens (tertiary/aromatic N) is 1. The second-order valence-electron chi connectivity index (χ2n) is 8.74. The van der Waals surface area contributed by atoms with Crippen molar-refractivity contribution in [2.75, 3.05) is 17.4 Å². The molecular weight excluding hydrogens is 470 g/mol. The Hall–Kier alpha value is -4.04. The van der Waals surface area contributed by atoms with Crippen LogP contribution in [0.25, 0.3) is 0 Å². The predicted octanol–water partition coefficient (Wildman–Crippen LogP) is 5.96. The summed E-state index contributed by atoms with van der Waals surface area (Å²) >= 11 is 6.06. The van der Waals surface area contributed by atoms with E-state index in [1.54, 1.807) is 6.07 Å². The van der Waals surface area contributed by atoms with E-state index >= 15 is 0 Å². The van der Waals surface area contributed by atoms with Gasteiger partial charge in [-0.3, -0.25) is 14.9 Å². The minimum absolute atomic E-state index is 0.00588. The third kappa shape index (κ3) is 3.76. The van der Waals surface area contributed by atoms with Crippen molar-refractivity contribution in [3.05, 3.63) is 98.2 Å². The van der Waals surface area contributed by atoms with Crippen LogP contribution in [0.15, 0.2) is 71.9 Å². The van der Waals surface area contributed by atoms with Crippen LogP contribution >= 0.6 is 11.6 Å². The van der Waals surface area contributed by atoms with Gasteiger partial charge < -0.3 is 20.1 Å². The summed E-state index contributed by atoms with van der Waals surface area (Å²) in [6.07, 6.45) is 0.864. The number of hydrogen-bond donors (Lipinski definition) is 2. The molecule has 35 heavy (non-hydrogen) atoms. The van der Waals surface area contributed by atoms with Gasteiger partial charge in [0.2, 0.25) is 6.79 Å². The lowest BCUT2D eigenvalue weighted by atomic mass is 9.78. The molecule has 0 fully saturated rings. The first kappa shape index (κ1) is 21.5. The van der Waals surface area contributed by atoms with Gasteiger partial charge in [-0.2, -0.15) is 0 Å². The number of carbonyl (C=O) groups is 1. The lowest BCUT2D eigenvalue weighted by Gasteiger charge is -2.29. The highest BCUT2D eigenvalue weighted by atomic mass is 35.5. The number of fused-ring (bicyclic) bond motifs is 2. The lowest BCUT2D eigenvalue weighted by Crippen LogP contribution is -2.27. The standard InChI is InChI=1S/C26H20ClN3O5/c27-16-7-5-14(6-8-16)15-9-20-25(22(31)10-15)26(29-19-4-2-1-3-18(19)28-20)17-11-23-24(35-13-34-23)12-21(17)30(32)33/h1-8,11-12,15,26,28-29H,9-10,13H2/t15-,26-/m1/s1. The molecule has 8 nitrogen and oxygen atoms in total. The number of anilines is 2. The topological polar surface area (TPSA) is 103 Å². The number of nitro benzene ring substituents is 1. The van der Waals surface area contributed by atoms with Crippen LogP contribution in [0.4, 0.5) is 17.1 Å². The van der Waals surface area contributed by atoms with Crippen LogP contribution in [0.1, 0.15) is 35.9 Å². The van der Waals surface area contributed by atoms with E-state index in [1.165, 1.54) is 6.07 Å². The van der Waals surface area contributed by atoms with Crippen molar-refractivity contribution in [1.29, 1.82) is 0 Å². The van der Waals surface area contributed by atoms with Gasteiger partial charge in [0.15, 0.2) is 17.3 Å². The minimum Gasteiger partial charge on any atom is -0.454 e. The normalized spacial score (nSPS) is 20.3. The molecule has 3 aromatic rings. The van der Waals surface area contributed by atoms with E-state index in [0.717, 1.165) is 22.6 Å². The number of benzene rings is 3. The van der Waals surface area contributed by atoms with Crippen LogP contribution < -0.4 is 20.1 Å². The molecule has 0 radical (unpaired) electrons. The number of nitrogens with one attached hydrogen (secondary N) is 2. The molecule has 0 spiro atoms. The first-order chi connectivity index (χ1) is 17.0. The number of halogens is 1. The van der Waals surface area contributed by atoms with E-state index in [-0.39, 0.29) is 30.6 Å². The van der Waals surface area contributed by atoms with Crippen molar-refractivity contribution in [2.45, 2.75) is 24.8 Å². The molecule has 9 heteroatoms. The van der Waals surface area contributed by atoms with Gasteiger partial charge in [-0.1, -0.05) is 35.9 Å². The Morgan fingerprint density at radius 2 is 1.69 bits per heavy atom. The van der Waals surface area contributed by atoms with Gasteiger partial charge in [0.05, 0.1) is 34.0 Å². The van der Waals surface area contributed by atoms with Gasteiger partial charge in [-0.15, -0.1) is 0 Å². The van der Waals surface area contributed by atoms with E-state index in [9.17, 15) is 14.9 Å². The molecule has 0 bridgehead atoms. The Labute approximate surface area is 205 Å². The Morgan fingerprint density at radius 1 is 0.971 bits per heavy atom. The molecule has 0 saturated carbocycles. The number of hydrogen-bond acceptors (Lipinski definition) is 7. The highest BCUT2D eigenvalue weighted by Gasteiger charge is 2.39. The van der Waals surface area contributed by atoms with Gasteiger partial charge in [-0.05, 0) is 48.2 Å². The Morgan fingerprint density at radius 3 is 2.43 bits per heavy atom. The first-order valence-corrected chi connectivity index (χ1v) is 11.6. The lowest BCUT2D eigenvalue weighted by molar-refractivity contribution is -0.385. The first-order valence-electron chi connectivity index (χ1n) is 11.2. The number of ketones is 1. The summed E-state index contributed by atoms with van der Waals surface area (Å²) in [5.74, 6) is 0.626. The average Bonchev–Trinajstić information content (AvgIpc) is 3.24. The van der Waals surface area contributed by atoms with Gasteiger partial charge in [0.25, 0.3) is 5.69 Å². The molecule has 3 aromatic carbocycles. The summed E-state index contributed by atoms with van der Waals surface area (Å²) in [6, 6.07) is 17.3. The number of Topliss-reactive ketones (excluding diaryl/α,β-unsaturated/α-hetero) is 1. The second-order valence-corrected chi connectivity index (χ2v) is 9.18. The van der Waals surface area contributed by atoms with E-state index in [2.05, 4.69) is 10.6 Å². The predicted molar refractivity (Wildman–Crippen MR) is 131 cm³/mol. The Balaban J connectivity index is 1.51. The molecular formula is C26H20ClN3O5. The highest BCUT2D eigenvalue weighted by molar-refractivity contribution is 6.30. The van der Waals surface area contributed by atoms with E-state index < -0.39 is 11.0 Å². The fourth-order valence-electron chi connectivity index (χ4n) is 5.03. The summed E-state index contributed by atoms with van der Waals surface area (Å²) in [7, 11) is 0. The maximum Gasteiger partial charge on any atom is 0.279 e. The summed E-state index contributed by atoms with van der Waals surface area (Å²) in [6.45, 7) is -0.00588. The zero-order chi connectivity index (χ0) is 24.1. The Bertz CT molecular complexity index is 1400. The number of allylic oxidation sites excluding steroid dienone is 1. The number of nitro groups is 1. The average molecular weight is 490 g/mol. The summed E-state index contributed by atoms with van der Waals surface area (Å²) in [4.78, 5) is 25.3. The zero-order valence-corrected chi connectivity index (χ0v) is 19.2. The summed E-state index contributed by atoms with van der Waals surface area (Å²) < 4.78 is 10.9. The molecule has 2 N–H and O–H groups in total. The Kier molecular flexibility index (Phi) is 5.11. The molecule has 176 valence electrons. The molecule has 0 aromatic heterocycles. The second kappa shape index (κ2) is 8.32. The molecule has 6 rings (SSSR count). The number of para-hydroxylation sites is 2. The largest absolute Gasteiger partial charge is 0.454 e. The number of ether oxygens (including phenoxy) is 2. The molecule has 0 unspecified atom stereocenters. The summed E-state index contributed by atoms with van der Waals surface area (Å²) in [5.41, 5.74) is 4.02. The highest BCUT2D eigenvalue weighted by Crippen LogP contribution is 2.48. The molecule has 2 atom stereocenters. The van der Waals surface area contributed by atoms with Gasteiger partial charge in [0.1, 0.15) is 0 Å². The number of carbonyl (C=O) groups excluding carboxylic acids is 1. The van der Waals surface area contributed by atoms with Crippen molar-refractivity contribution in [1.82, 2.24) is 0 Å². The van der Waals surface area contributed by atoms with Crippen LogP contribution in [0.3, 0.4) is 0 Å². The van der Waals surface area contributed by atoms with Crippen molar-refractivity contribution in [3.8, 4) is 11.5 Å². The van der Waals surface area contributed by atoms with Gasteiger partial charge in [0, 0.05) is 22.7 Å². The number of rotatable bonds is 3. The van der Waals surface area contributed by atoms with Crippen molar-refractivity contribution in [2.24, 2.45) is 0 Å². The third-order valence-corrected chi connectivity index (χ3v) is 6.93. The van der Waals surface area contributed by atoms with Crippen molar-refractivity contribution >= 4 is 34.4 Å². The van der Waals surface area contributed by atoms with Gasteiger partial charge >= 0.3 is 0 Å². The van der Waals surface area contributed by atoms with Gasteiger partial charge in [-0.25, -0.2) is 0 Å². The maximum absolute atomic E-state index is 13.7. The minimum atomic E-state index is -0.741. The fraction of sp³-hybridized carbons (Fsp3) is 0.192. The van der Waals surface area contributed by atoms with E-state index in [0.29, 0.717) is 34.1 Å². The van der Waals surface area contributed by atoms with Crippen LogP contribution in [-0.4, -0.2) is 17.5 Å².